The molecular formula is C19H21F3N2O2. The number of amides is 2. The van der Waals surface area contributed by atoms with Crippen molar-refractivity contribution in [1.82, 2.24) is 5.32 Å². The Kier molecular flexibility index (Phi) is 6.49. The number of alkyl halides is 3. The summed E-state index contributed by atoms with van der Waals surface area (Å²) in [7, 11) is 0. The van der Waals surface area contributed by atoms with Crippen LogP contribution in [0.1, 0.15) is 24.0 Å². The summed E-state index contributed by atoms with van der Waals surface area (Å²) < 4.78 is 41.7. The maximum atomic E-state index is 12.3. The molecule has 0 heterocycles. The molecule has 0 radical (unpaired) electrons. The number of urea groups is 1. The van der Waals surface area contributed by atoms with Gasteiger partial charge in [0.1, 0.15) is 5.75 Å². The second kappa shape index (κ2) is 8.60. The molecule has 1 unspecified atom stereocenters. The Morgan fingerprint density at radius 3 is 2.46 bits per heavy atom. The van der Waals surface area contributed by atoms with Crippen LogP contribution in [-0.2, 0) is 0 Å². The lowest BCUT2D eigenvalue weighted by Gasteiger charge is -2.16. The molecule has 0 spiro atoms. The Morgan fingerprint density at radius 1 is 1.12 bits per heavy atom. The zero-order valence-corrected chi connectivity index (χ0v) is 14.6. The molecule has 2 rings (SSSR count). The van der Waals surface area contributed by atoms with Crippen LogP contribution >= 0.6 is 0 Å². The molecule has 2 aromatic carbocycles. The molecule has 0 saturated carbocycles. The summed E-state index contributed by atoms with van der Waals surface area (Å²) in [6.07, 6.45) is -4.42. The van der Waals surface area contributed by atoms with Crippen molar-refractivity contribution in [2.24, 2.45) is 0 Å². The first-order valence-electron chi connectivity index (χ1n) is 8.15. The van der Waals surface area contributed by atoms with E-state index in [4.69, 9.17) is 4.74 Å². The summed E-state index contributed by atoms with van der Waals surface area (Å²) in [5.74, 6) is 0.210. The fourth-order valence-electron chi connectivity index (χ4n) is 2.38. The number of hydrogen-bond acceptors (Lipinski definition) is 2. The van der Waals surface area contributed by atoms with Crippen LogP contribution in [0.4, 0.5) is 23.7 Å². The number of nitrogens with one attached hydrogen (secondary N) is 2. The molecule has 1 atom stereocenters. The molecular weight excluding hydrogens is 345 g/mol. The van der Waals surface area contributed by atoms with Crippen LogP contribution < -0.4 is 15.4 Å². The van der Waals surface area contributed by atoms with Crippen molar-refractivity contribution < 1.29 is 22.7 Å². The third-order valence-electron chi connectivity index (χ3n) is 3.86. The fourth-order valence-corrected chi connectivity index (χ4v) is 2.38. The van der Waals surface area contributed by atoms with Gasteiger partial charge < -0.3 is 15.4 Å². The van der Waals surface area contributed by atoms with Crippen LogP contribution in [0, 0.1) is 6.92 Å². The van der Waals surface area contributed by atoms with E-state index in [2.05, 4.69) is 10.6 Å². The van der Waals surface area contributed by atoms with Crippen LogP contribution in [0.2, 0.25) is 0 Å². The Hall–Kier alpha value is -2.70. The number of hydrogen-bond donors (Lipinski definition) is 2. The zero-order valence-electron chi connectivity index (χ0n) is 14.6. The number of rotatable bonds is 6. The van der Waals surface area contributed by atoms with E-state index in [9.17, 15) is 18.0 Å². The molecule has 0 aromatic heterocycles. The van der Waals surface area contributed by atoms with E-state index in [1.807, 2.05) is 37.3 Å². The largest absolute Gasteiger partial charge is 0.484 e. The van der Waals surface area contributed by atoms with Crippen LogP contribution in [0.3, 0.4) is 0 Å². The maximum Gasteiger partial charge on any atom is 0.422 e. The molecule has 0 aliphatic carbocycles. The molecule has 2 amide bonds. The summed E-state index contributed by atoms with van der Waals surface area (Å²) in [6.45, 7) is 2.64. The predicted octanol–water partition coefficient (Wildman–Crippen LogP) is 4.86. The van der Waals surface area contributed by atoms with Gasteiger partial charge in [-0.1, -0.05) is 43.3 Å². The van der Waals surface area contributed by atoms with E-state index < -0.39 is 18.8 Å². The van der Waals surface area contributed by atoms with Gasteiger partial charge in [0.05, 0.1) is 0 Å². The molecule has 0 fully saturated rings. The number of anilines is 1. The Balaban J connectivity index is 1.92. The van der Waals surface area contributed by atoms with Gasteiger partial charge in [-0.2, -0.15) is 13.2 Å². The predicted molar refractivity (Wildman–Crippen MR) is 94.6 cm³/mol. The minimum Gasteiger partial charge on any atom is -0.484 e. The van der Waals surface area contributed by atoms with E-state index in [1.165, 1.54) is 12.1 Å². The first kappa shape index (κ1) is 19.6. The van der Waals surface area contributed by atoms with Gasteiger partial charge in [-0.15, -0.1) is 0 Å². The lowest BCUT2D eigenvalue weighted by atomic mass is 10.0. The molecule has 26 heavy (non-hydrogen) atoms. The summed E-state index contributed by atoms with van der Waals surface area (Å²) in [6, 6.07) is 13.9. The maximum absolute atomic E-state index is 12.3. The van der Waals surface area contributed by atoms with Gasteiger partial charge in [0.15, 0.2) is 6.61 Å². The SMILES string of the molecule is Cc1c(NC(=O)NCC(C)c2ccccc2)cccc1OCC(F)(F)F. The quantitative estimate of drug-likeness (QED) is 0.767. The normalized spacial score (nSPS) is 12.3. The van der Waals surface area contributed by atoms with Crippen molar-refractivity contribution >= 4 is 11.7 Å². The second-order valence-corrected chi connectivity index (χ2v) is 5.98. The fraction of sp³-hybridized carbons (Fsp3) is 0.316. The molecule has 2 N–H and O–H groups in total. The van der Waals surface area contributed by atoms with E-state index in [-0.39, 0.29) is 11.7 Å². The van der Waals surface area contributed by atoms with E-state index in [1.54, 1.807) is 13.0 Å². The molecule has 7 heteroatoms. The Morgan fingerprint density at radius 2 is 1.81 bits per heavy atom. The molecule has 2 aromatic rings. The monoisotopic (exact) mass is 366 g/mol. The Bertz CT molecular complexity index is 733. The lowest BCUT2D eigenvalue weighted by molar-refractivity contribution is -0.153. The van der Waals surface area contributed by atoms with E-state index in [0.717, 1.165) is 5.56 Å². The van der Waals surface area contributed by atoms with Crippen LogP contribution in [0.15, 0.2) is 48.5 Å². The van der Waals surface area contributed by atoms with Crippen LogP contribution in [-0.4, -0.2) is 25.4 Å². The van der Waals surface area contributed by atoms with Crippen molar-refractivity contribution in [3.8, 4) is 5.75 Å². The van der Waals surface area contributed by atoms with Crippen molar-refractivity contribution in [3.63, 3.8) is 0 Å². The third-order valence-corrected chi connectivity index (χ3v) is 3.86. The summed E-state index contributed by atoms with van der Waals surface area (Å²) in [5, 5.41) is 5.40. The van der Waals surface area contributed by atoms with Gasteiger partial charge >= 0.3 is 12.2 Å². The highest BCUT2D eigenvalue weighted by Gasteiger charge is 2.28. The highest BCUT2D eigenvalue weighted by atomic mass is 19.4. The zero-order chi connectivity index (χ0) is 19.2. The lowest BCUT2D eigenvalue weighted by Crippen LogP contribution is -2.32. The van der Waals surface area contributed by atoms with Gasteiger partial charge in [0, 0.05) is 17.8 Å². The van der Waals surface area contributed by atoms with E-state index in [0.29, 0.717) is 17.8 Å². The first-order valence-corrected chi connectivity index (χ1v) is 8.15. The smallest absolute Gasteiger partial charge is 0.422 e. The minimum absolute atomic E-state index is 0.0813. The summed E-state index contributed by atoms with van der Waals surface area (Å²) >= 11 is 0. The molecule has 0 bridgehead atoms. The molecule has 140 valence electrons. The topological polar surface area (TPSA) is 50.4 Å². The van der Waals surface area contributed by atoms with Crippen LogP contribution in [0.25, 0.3) is 0 Å². The standard InChI is InChI=1S/C19H21F3N2O2/c1-13(15-7-4-3-5-8-15)11-23-18(25)24-16-9-6-10-17(14(16)2)26-12-19(20,21)22/h3-10,13H,11-12H2,1-2H3,(H2,23,24,25). The number of ether oxygens (including phenoxy) is 1. The molecule has 4 nitrogen and oxygen atoms in total. The first-order chi connectivity index (χ1) is 12.3. The average molecular weight is 366 g/mol. The number of carbonyl (C=O) groups excluding carboxylic acids is 1. The highest BCUT2D eigenvalue weighted by Crippen LogP contribution is 2.27. The molecule has 0 saturated heterocycles. The van der Waals surface area contributed by atoms with Crippen molar-refractivity contribution in [1.29, 1.82) is 0 Å². The van der Waals surface area contributed by atoms with Gasteiger partial charge in [-0.05, 0) is 30.5 Å². The highest BCUT2D eigenvalue weighted by molar-refractivity contribution is 5.90. The van der Waals surface area contributed by atoms with Crippen molar-refractivity contribution in [2.45, 2.75) is 25.9 Å². The van der Waals surface area contributed by atoms with Crippen molar-refractivity contribution in [2.75, 3.05) is 18.5 Å². The number of carbonyl (C=O) groups is 1. The summed E-state index contributed by atoms with van der Waals surface area (Å²) in [4.78, 5) is 12.1. The molecule has 0 aliphatic heterocycles. The van der Waals surface area contributed by atoms with Gasteiger partial charge in [-0.3, -0.25) is 0 Å². The van der Waals surface area contributed by atoms with Crippen molar-refractivity contribution in [3.05, 3.63) is 59.7 Å². The third kappa shape index (κ3) is 5.98. The molecule has 0 aliphatic rings. The average Bonchev–Trinajstić information content (AvgIpc) is 2.60. The summed E-state index contributed by atoms with van der Waals surface area (Å²) in [5.41, 5.74) is 1.93. The number of benzene rings is 2. The van der Waals surface area contributed by atoms with Gasteiger partial charge in [-0.25, -0.2) is 4.79 Å². The van der Waals surface area contributed by atoms with Crippen LogP contribution in [0.5, 0.6) is 5.75 Å². The minimum atomic E-state index is -4.42. The van der Waals surface area contributed by atoms with E-state index >= 15 is 0 Å². The second-order valence-electron chi connectivity index (χ2n) is 5.98. The Labute approximate surface area is 150 Å². The number of halogens is 3. The van der Waals surface area contributed by atoms with Gasteiger partial charge in [0.25, 0.3) is 0 Å². The van der Waals surface area contributed by atoms with Gasteiger partial charge in [0.2, 0.25) is 0 Å².